The van der Waals surface area contributed by atoms with Gasteiger partial charge in [0.2, 0.25) is 0 Å². The highest BCUT2D eigenvalue weighted by Crippen LogP contribution is 2.34. The first-order valence-corrected chi connectivity index (χ1v) is 7.34. The number of ether oxygens (including phenoxy) is 1. The van der Waals surface area contributed by atoms with Crippen LogP contribution in [0.1, 0.15) is 50.3 Å². The van der Waals surface area contributed by atoms with Crippen molar-refractivity contribution in [1.29, 1.82) is 0 Å². The highest BCUT2D eigenvalue weighted by atomic mass is 19.1. The van der Waals surface area contributed by atoms with Crippen molar-refractivity contribution in [2.45, 2.75) is 39.2 Å². The summed E-state index contributed by atoms with van der Waals surface area (Å²) in [6.45, 7) is 6.13. The largest absolute Gasteiger partial charge is 0.457 e. The van der Waals surface area contributed by atoms with Crippen molar-refractivity contribution in [3.05, 3.63) is 59.4 Å². The standard InChI is InChI=1S/C18H22FNO/c1-4-12(2)15-7-5-6-8-17(15)21-18-10-9-14(19)11-16(18)13(3)20/h5-13H,4,20H2,1-3H3/t12?,13-/m1/s1. The molecule has 0 aliphatic rings. The Bertz CT molecular complexity index is 610. The van der Waals surface area contributed by atoms with Gasteiger partial charge in [0.05, 0.1) is 0 Å². The van der Waals surface area contributed by atoms with Crippen molar-refractivity contribution >= 4 is 0 Å². The van der Waals surface area contributed by atoms with Crippen LogP contribution in [0.3, 0.4) is 0 Å². The van der Waals surface area contributed by atoms with E-state index >= 15 is 0 Å². The van der Waals surface area contributed by atoms with E-state index in [4.69, 9.17) is 10.5 Å². The van der Waals surface area contributed by atoms with Gasteiger partial charge in [-0.1, -0.05) is 32.0 Å². The Hall–Kier alpha value is -1.87. The zero-order valence-electron chi connectivity index (χ0n) is 12.8. The lowest BCUT2D eigenvalue weighted by molar-refractivity contribution is 0.458. The van der Waals surface area contributed by atoms with E-state index in [1.165, 1.54) is 12.1 Å². The van der Waals surface area contributed by atoms with E-state index in [0.29, 0.717) is 17.2 Å². The SMILES string of the molecule is CCC(C)c1ccccc1Oc1ccc(F)cc1[C@@H](C)N. The molecule has 0 bridgehead atoms. The molecule has 2 nitrogen and oxygen atoms in total. The Kier molecular flexibility index (Phi) is 4.97. The lowest BCUT2D eigenvalue weighted by atomic mass is 9.98. The minimum absolute atomic E-state index is 0.286. The predicted octanol–water partition coefficient (Wildman–Crippen LogP) is 5.15. The molecule has 0 amide bonds. The molecule has 0 spiro atoms. The van der Waals surface area contributed by atoms with Crippen LogP contribution in [0.2, 0.25) is 0 Å². The summed E-state index contributed by atoms with van der Waals surface area (Å²) in [6.07, 6.45) is 1.03. The third-order valence-electron chi connectivity index (χ3n) is 3.74. The first-order chi connectivity index (χ1) is 10.0. The molecule has 0 radical (unpaired) electrons. The van der Waals surface area contributed by atoms with Crippen LogP contribution >= 0.6 is 0 Å². The van der Waals surface area contributed by atoms with E-state index in [-0.39, 0.29) is 11.9 Å². The van der Waals surface area contributed by atoms with E-state index in [2.05, 4.69) is 19.9 Å². The third-order valence-corrected chi connectivity index (χ3v) is 3.74. The molecule has 0 fully saturated rings. The van der Waals surface area contributed by atoms with Gasteiger partial charge < -0.3 is 10.5 Å². The number of hydrogen-bond donors (Lipinski definition) is 1. The number of hydrogen-bond acceptors (Lipinski definition) is 2. The van der Waals surface area contributed by atoms with Crippen molar-refractivity contribution in [1.82, 2.24) is 0 Å². The van der Waals surface area contributed by atoms with Crippen LogP contribution in [-0.2, 0) is 0 Å². The summed E-state index contributed by atoms with van der Waals surface area (Å²) in [4.78, 5) is 0. The molecule has 2 N–H and O–H groups in total. The number of para-hydroxylation sites is 1. The topological polar surface area (TPSA) is 35.2 Å². The molecule has 0 saturated carbocycles. The number of halogens is 1. The van der Waals surface area contributed by atoms with Crippen LogP contribution in [0.5, 0.6) is 11.5 Å². The molecule has 0 saturated heterocycles. The Morgan fingerprint density at radius 1 is 1.05 bits per heavy atom. The summed E-state index contributed by atoms with van der Waals surface area (Å²) < 4.78 is 19.4. The molecule has 0 heterocycles. The molecule has 0 aliphatic heterocycles. The second-order valence-corrected chi connectivity index (χ2v) is 5.42. The van der Waals surface area contributed by atoms with Crippen LogP contribution in [0.4, 0.5) is 4.39 Å². The third kappa shape index (κ3) is 3.61. The van der Waals surface area contributed by atoms with Crippen LogP contribution < -0.4 is 10.5 Å². The van der Waals surface area contributed by atoms with E-state index in [9.17, 15) is 4.39 Å². The van der Waals surface area contributed by atoms with Gasteiger partial charge in [0, 0.05) is 11.6 Å². The molecule has 0 aromatic heterocycles. The van der Waals surface area contributed by atoms with Crippen molar-refractivity contribution < 1.29 is 9.13 Å². The maximum Gasteiger partial charge on any atom is 0.132 e. The van der Waals surface area contributed by atoms with E-state index in [1.54, 1.807) is 6.07 Å². The zero-order valence-corrected chi connectivity index (χ0v) is 12.8. The van der Waals surface area contributed by atoms with E-state index in [1.807, 2.05) is 25.1 Å². The lowest BCUT2D eigenvalue weighted by Crippen LogP contribution is -2.07. The molecular formula is C18H22FNO. The zero-order chi connectivity index (χ0) is 15.4. The first-order valence-electron chi connectivity index (χ1n) is 7.34. The quantitative estimate of drug-likeness (QED) is 0.825. The number of rotatable bonds is 5. The van der Waals surface area contributed by atoms with Crippen molar-refractivity contribution in [3.8, 4) is 11.5 Å². The van der Waals surface area contributed by atoms with Crippen molar-refractivity contribution in [3.63, 3.8) is 0 Å². The summed E-state index contributed by atoms with van der Waals surface area (Å²) in [7, 11) is 0. The Balaban J connectivity index is 2.39. The Morgan fingerprint density at radius 3 is 2.38 bits per heavy atom. The summed E-state index contributed by atoms with van der Waals surface area (Å²) in [5.41, 5.74) is 7.74. The highest BCUT2D eigenvalue weighted by Gasteiger charge is 2.14. The van der Waals surface area contributed by atoms with Gasteiger partial charge in [-0.2, -0.15) is 0 Å². The van der Waals surface area contributed by atoms with Gasteiger partial charge in [0.25, 0.3) is 0 Å². The van der Waals surface area contributed by atoms with Gasteiger partial charge in [-0.3, -0.25) is 0 Å². The minimum Gasteiger partial charge on any atom is -0.457 e. The first kappa shape index (κ1) is 15.5. The molecule has 2 rings (SSSR count). The van der Waals surface area contributed by atoms with Crippen LogP contribution in [0.15, 0.2) is 42.5 Å². The van der Waals surface area contributed by atoms with Gasteiger partial charge in [-0.15, -0.1) is 0 Å². The van der Waals surface area contributed by atoms with Gasteiger partial charge in [0.1, 0.15) is 17.3 Å². The average molecular weight is 287 g/mol. The predicted molar refractivity (Wildman–Crippen MR) is 84.2 cm³/mol. The van der Waals surface area contributed by atoms with Gasteiger partial charge in [-0.25, -0.2) is 4.39 Å². The molecule has 21 heavy (non-hydrogen) atoms. The smallest absolute Gasteiger partial charge is 0.132 e. The van der Waals surface area contributed by atoms with E-state index < -0.39 is 0 Å². The maximum absolute atomic E-state index is 13.4. The van der Waals surface area contributed by atoms with Crippen LogP contribution in [0, 0.1) is 5.82 Å². The highest BCUT2D eigenvalue weighted by molar-refractivity contribution is 5.43. The van der Waals surface area contributed by atoms with Crippen LogP contribution in [0.25, 0.3) is 0 Å². The van der Waals surface area contributed by atoms with Crippen molar-refractivity contribution in [2.75, 3.05) is 0 Å². The molecule has 1 unspecified atom stereocenters. The maximum atomic E-state index is 13.4. The van der Waals surface area contributed by atoms with E-state index in [0.717, 1.165) is 17.7 Å². The monoisotopic (exact) mass is 287 g/mol. The fraction of sp³-hybridized carbons (Fsp3) is 0.333. The molecule has 112 valence electrons. The molecule has 2 aromatic carbocycles. The van der Waals surface area contributed by atoms with Gasteiger partial charge >= 0.3 is 0 Å². The summed E-state index contributed by atoms with van der Waals surface area (Å²) in [5, 5.41) is 0. The Morgan fingerprint density at radius 2 is 1.71 bits per heavy atom. The fourth-order valence-electron chi connectivity index (χ4n) is 2.29. The van der Waals surface area contributed by atoms with Gasteiger partial charge in [0.15, 0.2) is 0 Å². The number of benzene rings is 2. The normalized spacial score (nSPS) is 13.8. The molecule has 0 aliphatic carbocycles. The summed E-state index contributed by atoms with van der Waals surface area (Å²) in [6, 6.07) is 12.1. The van der Waals surface area contributed by atoms with Crippen LogP contribution in [-0.4, -0.2) is 0 Å². The van der Waals surface area contributed by atoms with Gasteiger partial charge in [-0.05, 0) is 49.1 Å². The average Bonchev–Trinajstić information content (AvgIpc) is 2.48. The molecule has 2 atom stereocenters. The summed E-state index contributed by atoms with van der Waals surface area (Å²) >= 11 is 0. The Labute approximate surface area is 125 Å². The molecule has 3 heteroatoms. The second-order valence-electron chi connectivity index (χ2n) is 5.42. The minimum atomic E-state index is -0.301. The van der Waals surface area contributed by atoms with Crippen molar-refractivity contribution in [2.24, 2.45) is 5.73 Å². The molecular weight excluding hydrogens is 265 g/mol. The molecule has 2 aromatic rings. The second kappa shape index (κ2) is 6.72. The number of nitrogens with two attached hydrogens (primary N) is 1. The lowest BCUT2D eigenvalue weighted by Gasteiger charge is -2.18. The fourth-order valence-corrected chi connectivity index (χ4v) is 2.29. The summed E-state index contributed by atoms with van der Waals surface area (Å²) in [5.74, 6) is 1.52.